The Hall–Kier alpha value is -2.99. The van der Waals surface area contributed by atoms with Crippen molar-refractivity contribution in [3.8, 4) is 22.6 Å². The maximum Gasteiger partial charge on any atom is 0.251 e. The molecule has 1 aromatic heterocycles. The van der Waals surface area contributed by atoms with Crippen molar-refractivity contribution in [3.05, 3.63) is 60.0 Å². The Morgan fingerprint density at radius 3 is 2.63 bits per heavy atom. The van der Waals surface area contributed by atoms with Crippen LogP contribution in [0, 0.1) is 6.92 Å². The quantitative estimate of drug-likeness (QED) is 0.749. The number of amides is 1. The van der Waals surface area contributed by atoms with Gasteiger partial charge in [-0.1, -0.05) is 24.3 Å². The number of aryl methyl sites for hydroxylation is 1. The molecule has 0 bridgehead atoms. The molecule has 1 aliphatic heterocycles. The van der Waals surface area contributed by atoms with Crippen molar-refractivity contribution in [3.63, 3.8) is 0 Å². The number of hydrogen-bond donors (Lipinski definition) is 1. The first kappa shape index (κ1) is 17.4. The second kappa shape index (κ2) is 7.72. The van der Waals surface area contributed by atoms with Crippen LogP contribution in [0.4, 0.5) is 0 Å². The van der Waals surface area contributed by atoms with E-state index in [0.29, 0.717) is 23.9 Å². The molecule has 138 valence electrons. The molecule has 1 fully saturated rings. The summed E-state index contributed by atoms with van der Waals surface area (Å²) in [5.41, 5.74) is 3.50. The van der Waals surface area contributed by atoms with Gasteiger partial charge in [-0.25, -0.2) is 0 Å². The van der Waals surface area contributed by atoms with Crippen LogP contribution in [0.1, 0.15) is 29.1 Å². The van der Waals surface area contributed by atoms with Gasteiger partial charge in [0, 0.05) is 31.2 Å². The van der Waals surface area contributed by atoms with Crippen molar-refractivity contribution in [2.24, 2.45) is 0 Å². The Morgan fingerprint density at radius 2 is 1.93 bits per heavy atom. The molecule has 1 atom stereocenters. The number of ether oxygens (including phenoxy) is 1. The van der Waals surface area contributed by atoms with Crippen LogP contribution < -0.4 is 5.32 Å². The van der Waals surface area contributed by atoms with Crippen molar-refractivity contribution in [2.45, 2.75) is 25.9 Å². The van der Waals surface area contributed by atoms with Gasteiger partial charge in [-0.2, -0.15) is 0 Å². The molecular formula is C21H21N3O3. The van der Waals surface area contributed by atoms with E-state index in [1.165, 1.54) is 0 Å². The lowest BCUT2D eigenvalue weighted by atomic mass is 10.0. The molecule has 2 aromatic carbocycles. The molecule has 4 rings (SSSR count). The molecule has 0 radical (unpaired) electrons. The van der Waals surface area contributed by atoms with Crippen LogP contribution in [0.3, 0.4) is 0 Å². The van der Waals surface area contributed by atoms with Crippen LogP contribution in [0.25, 0.3) is 22.6 Å². The van der Waals surface area contributed by atoms with Crippen LogP contribution >= 0.6 is 0 Å². The minimum atomic E-state index is -0.0784. The fourth-order valence-corrected chi connectivity index (χ4v) is 3.17. The Morgan fingerprint density at radius 1 is 1.11 bits per heavy atom. The van der Waals surface area contributed by atoms with E-state index in [0.717, 1.165) is 36.1 Å². The van der Waals surface area contributed by atoms with Crippen molar-refractivity contribution in [1.29, 1.82) is 0 Å². The molecule has 27 heavy (non-hydrogen) atoms. The molecular weight excluding hydrogens is 342 g/mol. The summed E-state index contributed by atoms with van der Waals surface area (Å²) in [7, 11) is 0. The third-order valence-corrected chi connectivity index (χ3v) is 4.63. The minimum Gasteiger partial charge on any atom is -0.421 e. The highest BCUT2D eigenvalue weighted by molar-refractivity contribution is 5.95. The molecule has 0 saturated carbocycles. The standard InChI is InChI=1S/C21H21N3O3/c1-14-23-24-21(27-14)16-9-7-15(8-10-16)17-4-2-5-18(12-17)20(25)22-13-19-6-3-11-26-19/h2,4-5,7-10,12,19H,3,6,11,13H2,1H3,(H,22,25)/t19-/m1/s1. The van der Waals surface area contributed by atoms with E-state index in [1.54, 1.807) is 6.92 Å². The maximum atomic E-state index is 12.4. The number of hydrogen-bond acceptors (Lipinski definition) is 5. The smallest absolute Gasteiger partial charge is 0.251 e. The van der Waals surface area contributed by atoms with Gasteiger partial charge in [0.2, 0.25) is 11.8 Å². The van der Waals surface area contributed by atoms with Gasteiger partial charge in [0.1, 0.15) is 0 Å². The summed E-state index contributed by atoms with van der Waals surface area (Å²) in [6, 6.07) is 15.4. The Balaban J connectivity index is 1.47. The van der Waals surface area contributed by atoms with E-state index in [4.69, 9.17) is 9.15 Å². The first-order valence-electron chi connectivity index (χ1n) is 9.10. The number of carbonyl (C=O) groups excluding carboxylic acids is 1. The van der Waals surface area contributed by atoms with Crippen LogP contribution in [-0.4, -0.2) is 35.4 Å². The number of carbonyl (C=O) groups is 1. The van der Waals surface area contributed by atoms with Crippen molar-refractivity contribution >= 4 is 5.91 Å². The van der Waals surface area contributed by atoms with Crippen LogP contribution in [0.5, 0.6) is 0 Å². The summed E-state index contributed by atoms with van der Waals surface area (Å²) in [6.45, 7) is 3.11. The lowest BCUT2D eigenvalue weighted by Crippen LogP contribution is -2.31. The number of nitrogens with one attached hydrogen (secondary N) is 1. The number of aromatic nitrogens is 2. The summed E-state index contributed by atoms with van der Waals surface area (Å²) < 4.78 is 11.0. The Kier molecular flexibility index (Phi) is 4.98. The topological polar surface area (TPSA) is 77.2 Å². The highest BCUT2D eigenvalue weighted by Crippen LogP contribution is 2.25. The molecule has 0 aliphatic carbocycles. The average molecular weight is 363 g/mol. The van der Waals surface area contributed by atoms with Gasteiger partial charge in [0.25, 0.3) is 5.91 Å². The summed E-state index contributed by atoms with van der Waals surface area (Å²) >= 11 is 0. The van der Waals surface area contributed by atoms with Gasteiger partial charge >= 0.3 is 0 Å². The summed E-state index contributed by atoms with van der Waals surface area (Å²) in [5.74, 6) is 0.961. The van der Waals surface area contributed by atoms with Crippen LogP contribution in [0.2, 0.25) is 0 Å². The van der Waals surface area contributed by atoms with Gasteiger partial charge in [-0.15, -0.1) is 10.2 Å². The van der Waals surface area contributed by atoms with Gasteiger partial charge in [-0.05, 0) is 48.2 Å². The summed E-state index contributed by atoms with van der Waals surface area (Å²) in [6.07, 6.45) is 2.21. The largest absolute Gasteiger partial charge is 0.421 e. The van der Waals surface area contributed by atoms with Gasteiger partial charge in [0.05, 0.1) is 6.10 Å². The van der Waals surface area contributed by atoms with E-state index in [9.17, 15) is 4.79 Å². The molecule has 0 spiro atoms. The lowest BCUT2D eigenvalue weighted by molar-refractivity contribution is 0.0858. The second-order valence-corrected chi connectivity index (χ2v) is 6.63. The lowest BCUT2D eigenvalue weighted by Gasteiger charge is -2.11. The average Bonchev–Trinajstić information content (AvgIpc) is 3.38. The SMILES string of the molecule is Cc1nnc(-c2ccc(-c3cccc(C(=O)NC[C@H]4CCCO4)c3)cc2)o1. The maximum absolute atomic E-state index is 12.4. The van der Waals surface area contributed by atoms with E-state index in [2.05, 4.69) is 15.5 Å². The van der Waals surface area contributed by atoms with Gasteiger partial charge in [0.15, 0.2) is 0 Å². The van der Waals surface area contributed by atoms with Gasteiger partial charge in [-0.3, -0.25) is 4.79 Å². The molecule has 1 saturated heterocycles. The van der Waals surface area contributed by atoms with Crippen molar-refractivity contribution < 1.29 is 13.9 Å². The van der Waals surface area contributed by atoms with E-state index >= 15 is 0 Å². The number of nitrogens with zero attached hydrogens (tertiary/aromatic N) is 2. The van der Waals surface area contributed by atoms with Crippen molar-refractivity contribution in [2.75, 3.05) is 13.2 Å². The predicted octanol–water partition coefficient (Wildman–Crippen LogP) is 3.62. The molecule has 1 amide bonds. The third-order valence-electron chi connectivity index (χ3n) is 4.63. The fraction of sp³-hybridized carbons (Fsp3) is 0.286. The normalized spacial score (nSPS) is 16.4. The first-order chi connectivity index (χ1) is 13.2. The number of rotatable bonds is 5. The molecule has 1 N–H and O–H groups in total. The van der Waals surface area contributed by atoms with E-state index in [-0.39, 0.29) is 12.0 Å². The summed E-state index contributed by atoms with van der Waals surface area (Å²) in [5, 5.41) is 10.8. The molecule has 6 nitrogen and oxygen atoms in total. The first-order valence-corrected chi connectivity index (χ1v) is 9.10. The third kappa shape index (κ3) is 4.06. The molecule has 0 unspecified atom stereocenters. The molecule has 1 aliphatic rings. The van der Waals surface area contributed by atoms with E-state index < -0.39 is 0 Å². The molecule has 3 aromatic rings. The molecule has 6 heteroatoms. The summed E-state index contributed by atoms with van der Waals surface area (Å²) in [4.78, 5) is 12.4. The fourth-order valence-electron chi connectivity index (χ4n) is 3.17. The zero-order chi connectivity index (χ0) is 18.6. The van der Waals surface area contributed by atoms with E-state index in [1.807, 2.05) is 48.5 Å². The number of benzene rings is 2. The molecule has 2 heterocycles. The zero-order valence-corrected chi connectivity index (χ0v) is 15.1. The van der Waals surface area contributed by atoms with Crippen LogP contribution in [0.15, 0.2) is 52.9 Å². The predicted molar refractivity (Wildman–Crippen MR) is 101 cm³/mol. The zero-order valence-electron chi connectivity index (χ0n) is 15.1. The highest BCUT2D eigenvalue weighted by Gasteiger charge is 2.17. The highest BCUT2D eigenvalue weighted by atomic mass is 16.5. The Labute approximate surface area is 157 Å². The second-order valence-electron chi connectivity index (χ2n) is 6.63. The van der Waals surface area contributed by atoms with Crippen LogP contribution in [-0.2, 0) is 4.74 Å². The Bertz CT molecular complexity index is 928. The van der Waals surface area contributed by atoms with Crippen molar-refractivity contribution in [1.82, 2.24) is 15.5 Å². The minimum absolute atomic E-state index is 0.0784. The van der Waals surface area contributed by atoms with Gasteiger partial charge < -0.3 is 14.5 Å². The monoisotopic (exact) mass is 363 g/mol.